The van der Waals surface area contributed by atoms with Crippen molar-refractivity contribution in [3.8, 4) is 0 Å². The van der Waals surface area contributed by atoms with Gasteiger partial charge in [0.2, 0.25) is 5.91 Å². The Balaban J connectivity index is 1.31. The SMILES string of the molecule is O=C(CSc1nc2ccccc2[nH]1)Nc1cc(C2=C(O)c3ccccc3C2=O)nc2ccccc12. The van der Waals surface area contributed by atoms with E-state index in [9.17, 15) is 14.7 Å². The molecule has 2 aromatic heterocycles. The number of rotatable bonds is 5. The van der Waals surface area contributed by atoms with Crippen LogP contribution < -0.4 is 5.32 Å². The summed E-state index contributed by atoms with van der Waals surface area (Å²) in [6, 6.07) is 23.6. The normalized spacial score (nSPS) is 13.0. The maximum atomic E-state index is 13.1. The van der Waals surface area contributed by atoms with Gasteiger partial charge in [0.15, 0.2) is 10.9 Å². The fourth-order valence-corrected chi connectivity index (χ4v) is 4.91. The molecule has 0 saturated heterocycles. The second-order valence-electron chi connectivity index (χ2n) is 8.07. The van der Waals surface area contributed by atoms with Crippen molar-refractivity contribution in [1.82, 2.24) is 15.0 Å². The predicted molar refractivity (Wildman–Crippen MR) is 137 cm³/mol. The van der Waals surface area contributed by atoms with Crippen LogP contribution in [0.3, 0.4) is 0 Å². The van der Waals surface area contributed by atoms with Crippen molar-refractivity contribution < 1.29 is 14.7 Å². The summed E-state index contributed by atoms with van der Waals surface area (Å²) in [7, 11) is 0. The number of aromatic amines is 1. The first kappa shape index (κ1) is 21.1. The number of pyridine rings is 1. The van der Waals surface area contributed by atoms with Crippen molar-refractivity contribution in [3.05, 3.63) is 95.7 Å². The van der Waals surface area contributed by atoms with Crippen molar-refractivity contribution in [2.75, 3.05) is 11.1 Å². The molecule has 0 radical (unpaired) electrons. The molecule has 6 rings (SSSR count). The van der Waals surface area contributed by atoms with Crippen molar-refractivity contribution >= 4 is 62.4 Å². The molecule has 170 valence electrons. The fourth-order valence-electron chi connectivity index (χ4n) is 4.23. The summed E-state index contributed by atoms with van der Waals surface area (Å²) >= 11 is 1.30. The Labute approximate surface area is 203 Å². The number of anilines is 1. The predicted octanol–water partition coefficient (Wildman–Crippen LogP) is 5.46. The molecule has 0 unspecified atom stereocenters. The van der Waals surface area contributed by atoms with Crippen LogP contribution in [-0.4, -0.2) is 37.5 Å². The van der Waals surface area contributed by atoms with E-state index in [0.29, 0.717) is 33.2 Å². The second kappa shape index (κ2) is 8.41. The zero-order valence-electron chi connectivity index (χ0n) is 18.3. The summed E-state index contributed by atoms with van der Waals surface area (Å²) < 4.78 is 0. The van der Waals surface area contributed by atoms with Crippen molar-refractivity contribution in [2.45, 2.75) is 5.16 Å². The molecule has 0 aliphatic heterocycles. The summed E-state index contributed by atoms with van der Waals surface area (Å²) in [5, 5.41) is 15.1. The number of aliphatic hydroxyl groups excluding tert-OH is 1. The van der Waals surface area contributed by atoms with Gasteiger partial charge in [0.1, 0.15) is 5.76 Å². The van der Waals surface area contributed by atoms with E-state index in [-0.39, 0.29) is 28.8 Å². The van der Waals surface area contributed by atoms with Gasteiger partial charge >= 0.3 is 0 Å². The summed E-state index contributed by atoms with van der Waals surface area (Å²) in [6.45, 7) is 0. The van der Waals surface area contributed by atoms with E-state index in [1.165, 1.54) is 11.8 Å². The number of allylic oxidation sites excluding steroid dienone is 1. The highest BCUT2D eigenvalue weighted by Crippen LogP contribution is 2.38. The summed E-state index contributed by atoms with van der Waals surface area (Å²) in [5.74, 6) is -0.480. The van der Waals surface area contributed by atoms with Gasteiger partial charge in [-0.3, -0.25) is 9.59 Å². The number of ketones is 1. The Morgan fingerprint density at radius 3 is 2.43 bits per heavy atom. The van der Waals surface area contributed by atoms with Crippen LogP contribution in [0.15, 0.2) is 84.0 Å². The third kappa shape index (κ3) is 3.74. The van der Waals surface area contributed by atoms with Crippen molar-refractivity contribution in [1.29, 1.82) is 0 Å². The molecule has 5 aromatic rings. The van der Waals surface area contributed by atoms with Gasteiger partial charge in [-0.25, -0.2) is 9.97 Å². The summed E-state index contributed by atoms with van der Waals surface area (Å²) in [4.78, 5) is 38.2. The molecule has 0 saturated carbocycles. The number of H-pyrrole nitrogens is 1. The number of imidazole rings is 1. The summed E-state index contributed by atoms with van der Waals surface area (Å²) in [6.07, 6.45) is 0. The number of carbonyl (C=O) groups excluding carboxylic acids is 2. The first-order valence-corrected chi connectivity index (χ1v) is 11.9. The first-order chi connectivity index (χ1) is 17.1. The minimum Gasteiger partial charge on any atom is -0.506 e. The molecule has 1 aliphatic rings. The van der Waals surface area contributed by atoms with Crippen LogP contribution in [0.2, 0.25) is 0 Å². The van der Waals surface area contributed by atoms with E-state index in [0.717, 1.165) is 16.4 Å². The lowest BCUT2D eigenvalue weighted by atomic mass is 10.0. The maximum Gasteiger partial charge on any atom is 0.234 e. The second-order valence-corrected chi connectivity index (χ2v) is 9.03. The molecule has 7 nitrogen and oxygen atoms in total. The van der Waals surface area contributed by atoms with Crippen LogP contribution in [0.25, 0.3) is 33.3 Å². The zero-order valence-corrected chi connectivity index (χ0v) is 19.1. The van der Waals surface area contributed by atoms with Crippen LogP contribution in [-0.2, 0) is 4.79 Å². The van der Waals surface area contributed by atoms with Crippen LogP contribution in [0, 0.1) is 0 Å². The highest BCUT2D eigenvalue weighted by atomic mass is 32.2. The van der Waals surface area contributed by atoms with Gasteiger partial charge in [-0.05, 0) is 24.3 Å². The van der Waals surface area contributed by atoms with Gasteiger partial charge in [0.05, 0.1) is 39.3 Å². The van der Waals surface area contributed by atoms with Crippen LogP contribution in [0.5, 0.6) is 0 Å². The number of aromatic nitrogens is 3. The fraction of sp³-hybridized carbons (Fsp3) is 0.0370. The smallest absolute Gasteiger partial charge is 0.234 e. The number of benzene rings is 3. The molecule has 3 aromatic carbocycles. The average Bonchev–Trinajstić information content (AvgIpc) is 3.41. The number of nitrogens with zero attached hydrogens (tertiary/aromatic N) is 2. The van der Waals surface area contributed by atoms with E-state index in [4.69, 9.17) is 0 Å². The molecule has 0 atom stereocenters. The average molecular weight is 479 g/mol. The van der Waals surface area contributed by atoms with Crippen molar-refractivity contribution in [2.24, 2.45) is 0 Å². The molecular weight excluding hydrogens is 460 g/mol. The van der Waals surface area contributed by atoms with E-state index in [1.807, 2.05) is 48.5 Å². The topological polar surface area (TPSA) is 108 Å². The maximum absolute atomic E-state index is 13.1. The monoisotopic (exact) mass is 478 g/mol. The number of carbonyl (C=O) groups is 2. The van der Waals surface area contributed by atoms with Gasteiger partial charge in [-0.1, -0.05) is 66.4 Å². The lowest BCUT2D eigenvalue weighted by molar-refractivity contribution is -0.113. The first-order valence-electron chi connectivity index (χ1n) is 10.9. The van der Waals surface area contributed by atoms with Crippen LogP contribution in [0.1, 0.15) is 21.6 Å². The summed E-state index contributed by atoms with van der Waals surface area (Å²) in [5.41, 5.74) is 4.23. The minimum absolute atomic E-state index is 0.105. The number of hydrogen-bond donors (Lipinski definition) is 3. The van der Waals surface area contributed by atoms with E-state index in [2.05, 4.69) is 20.3 Å². The minimum atomic E-state index is -0.293. The number of nitrogens with one attached hydrogen (secondary N) is 2. The van der Waals surface area contributed by atoms with Crippen LogP contribution >= 0.6 is 11.8 Å². The zero-order chi connectivity index (χ0) is 23.9. The van der Waals surface area contributed by atoms with E-state index >= 15 is 0 Å². The highest BCUT2D eigenvalue weighted by molar-refractivity contribution is 7.99. The lowest BCUT2D eigenvalue weighted by Gasteiger charge is -2.11. The highest BCUT2D eigenvalue weighted by Gasteiger charge is 2.31. The molecule has 1 aliphatic carbocycles. The number of aliphatic hydroxyl groups is 1. The lowest BCUT2D eigenvalue weighted by Crippen LogP contribution is -2.15. The van der Waals surface area contributed by atoms with Gasteiger partial charge in [-0.2, -0.15) is 0 Å². The molecule has 0 spiro atoms. The standard InChI is InChI=1S/C27H18N4O3S/c32-23(14-35-27-30-19-11-5-6-12-20(19)31-27)29-21-13-22(28-18-10-4-3-9-17(18)21)24-25(33)15-7-1-2-8-16(15)26(24)34/h1-13,33H,14H2,(H,30,31)(H,28,29,32). The van der Waals surface area contributed by atoms with Crippen LogP contribution in [0.4, 0.5) is 5.69 Å². The molecule has 1 amide bonds. The van der Waals surface area contributed by atoms with E-state index < -0.39 is 0 Å². The number of para-hydroxylation sites is 3. The Bertz CT molecular complexity index is 1660. The van der Waals surface area contributed by atoms with Gasteiger partial charge in [-0.15, -0.1) is 0 Å². The van der Waals surface area contributed by atoms with E-state index in [1.54, 1.807) is 30.3 Å². The quantitative estimate of drug-likeness (QED) is 0.289. The molecule has 2 heterocycles. The molecule has 0 bridgehead atoms. The number of thioether (sulfide) groups is 1. The van der Waals surface area contributed by atoms with Crippen molar-refractivity contribution in [3.63, 3.8) is 0 Å². The molecule has 35 heavy (non-hydrogen) atoms. The number of hydrogen-bond acceptors (Lipinski definition) is 6. The largest absolute Gasteiger partial charge is 0.506 e. The Kier molecular flexibility index (Phi) is 5.08. The number of fused-ring (bicyclic) bond motifs is 3. The molecular formula is C27H18N4O3S. The van der Waals surface area contributed by atoms with Gasteiger partial charge < -0.3 is 15.4 Å². The molecule has 0 fully saturated rings. The number of Topliss-reactive ketones (excluding diaryl/α,β-unsaturated/α-hetero) is 1. The molecule has 3 N–H and O–H groups in total. The Morgan fingerprint density at radius 2 is 1.63 bits per heavy atom. The third-order valence-corrected chi connectivity index (χ3v) is 6.72. The Hall–Kier alpha value is -4.43. The molecule has 8 heteroatoms. The van der Waals surface area contributed by atoms with Gasteiger partial charge in [0.25, 0.3) is 0 Å². The third-order valence-electron chi connectivity index (χ3n) is 5.84. The van der Waals surface area contributed by atoms with Gasteiger partial charge in [0, 0.05) is 16.5 Å². The number of amides is 1. The Morgan fingerprint density at radius 1 is 0.914 bits per heavy atom.